The molecule has 1 aliphatic heterocycles. The average Bonchev–Trinajstić information content (AvgIpc) is 2.55. The van der Waals surface area contributed by atoms with E-state index in [4.69, 9.17) is 14.7 Å². The zero-order valence-electron chi connectivity index (χ0n) is 11.7. The molecule has 2 aromatic rings. The molecule has 0 bridgehead atoms. The van der Waals surface area contributed by atoms with Crippen molar-refractivity contribution in [3.05, 3.63) is 48.3 Å². The van der Waals surface area contributed by atoms with Crippen molar-refractivity contribution in [1.82, 2.24) is 4.98 Å². The number of benzene rings is 1. The monoisotopic (exact) mass is 281 g/mol. The molecular weight excluding hydrogens is 266 g/mol. The Morgan fingerprint density at radius 2 is 2.10 bits per heavy atom. The van der Waals surface area contributed by atoms with Gasteiger partial charge in [-0.3, -0.25) is 0 Å². The lowest BCUT2D eigenvalue weighted by atomic mass is 10.2. The van der Waals surface area contributed by atoms with Crippen LogP contribution in [0.15, 0.2) is 42.6 Å². The predicted octanol–water partition coefficient (Wildman–Crippen LogP) is 2.23. The number of pyridine rings is 1. The van der Waals surface area contributed by atoms with Crippen molar-refractivity contribution in [3.8, 4) is 17.6 Å². The minimum Gasteiger partial charge on any atom is -0.486 e. The van der Waals surface area contributed by atoms with Gasteiger partial charge >= 0.3 is 0 Å². The molecule has 0 N–H and O–H groups in total. The molecule has 1 aromatic heterocycles. The first-order chi connectivity index (χ1) is 10.3. The first kappa shape index (κ1) is 13.3. The molecule has 0 spiro atoms. The highest BCUT2D eigenvalue weighted by atomic mass is 16.6. The van der Waals surface area contributed by atoms with Gasteiger partial charge in [-0.05, 0) is 24.3 Å². The predicted molar refractivity (Wildman–Crippen MR) is 78.6 cm³/mol. The van der Waals surface area contributed by atoms with E-state index in [1.807, 2.05) is 48.3 Å². The molecule has 0 saturated carbocycles. The van der Waals surface area contributed by atoms with Gasteiger partial charge in [0.2, 0.25) is 0 Å². The van der Waals surface area contributed by atoms with Gasteiger partial charge in [0.15, 0.2) is 17.6 Å². The second-order valence-electron chi connectivity index (χ2n) is 4.89. The summed E-state index contributed by atoms with van der Waals surface area (Å²) in [4.78, 5) is 6.11. The minimum absolute atomic E-state index is 0.0412. The van der Waals surface area contributed by atoms with Gasteiger partial charge in [0.25, 0.3) is 0 Å². The highest BCUT2D eigenvalue weighted by Gasteiger charge is 2.22. The van der Waals surface area contributed by atoms with Gasteiger partial charge < -0.3 is 14.4 Å². The number of hydrogen-bond acceptors (Lipinski definition) is 5. The maximum absolute atomic E-state index is 8.76. The lowest BCUT2D eigenvalue weighted by Gasteiger charge is -2.30. The molecule has 2 heterocycles. The summed E-state index contributed by atoms with van der Waals surface area (Å²) in [6.45, 7) is 1.20. The fourth-order valence-corrected chi connectivity index (χ4v) is 2.24. The molecule has 0 amide bonds. The Balaban J connectivity index is 1.65. The number of likely N-dealkylation sites (N-methyl/N-ethyl adjacent to an activating group) is 1. The fourth-order valence-electron chi connectivity index (χ4n) is 2.24. The van der Waals surface area contributed by atoms with Gasteiger partial charge in [-0.2, -0.15) is 5.26 Å². The number of nitriles is 1. The third-order valence-electron chi connectivity index (χ3n) is 3.35. The van der Waals surface area contributed by atoms with Gasteiger partial charge in [0.05, 0.1) is 18.4 Å². The summed E-state index contributed by atoms with van der Waals surface area (Å²) >= 11 is 0. The average molecular weight is 281 g/mol. The van der Waals surface area contributed by atoms with Crippen LogP contribution in [0.5, 0.6) is 11.5 Å². The van der Waals surface area contributed by atoms with Crippen LogP contribution in [0.1, 0.15) is 5.69 Å². The van der Waals surface area contributed by atoms with E-state index in [9.17, 15) is 0 Å². The smallest absolute Gasteiger partial charge is 0.161 e. The minimum atomic E-state index is -0.0412. The molecule has 1 unspecified atom stereocenters. The number of para-hydroxylation sites is 2. The molecule has 1 aromatic carbocycles. The summed E-state index contributed by atoms with van der Waals surface area (Å²) in [5, 5.41) is 8.76. The van der Waals surface area contributed by atoms with Crippen LogP contribution in [0.4, 0.5) is 5.69 Å². The van der Waals surface area contributed by atoms with Crippen LogP contribution in [0.3, 0.4) is 0 Å². The summed E-state index contributed by atoms with van der Waals surface area (Å²) in [5.74, 6) is 1.57. The first-order valence-electron chi connectivity index (χ1n) is 6.72. The topological polar surface area (TPSA) is 58.4 Å². The van der Waals surface area contributed by atoms with E-state index in [0.29, 0.717) is 18.8 Å². The van der Waals surface area contributed by atoms with Gasteiger partial charge in [-0.25, -0.2) is 4.98 Å². The Labute approximate surface area is 123 Å². The zero-order valence-corrected chi connectivity index (χ0v) is 11.7. The summed E-state index contributed by atoms with van der Waals surface area (Å²) in [7, 11) is 1.97. The van der Waals surface area contributed by atoms with E-state index in [1.165, 1.54) is 0 Å². The van der Waals surface area contributed by atoms with E-state index in [1.54, 1.807) is 12.3 Å². The van der Waals surface area contributed by atoms with Crippen LogP contribution in [0.25, 0.3) is 0 Å². The molecule has 0 radical (unpaired) electrons. The molecule has 21 heavy (non-hydrogen) atoms. The standard InChI is InChI=1S/C16H15N3O2/c1-19(13-7-6-12(8-17)18-9-13)10-14-11-20-15-4-2-3-5-16(15)21-14/h2-7,9,14H,10-11H2,1H3. The van der Waals surface area contributed by atoms with E-state index in [0.717, 1.165) is 17.2 Å². The summed E-state index contributed by atoms with van der Waals surface area (Å²) in [6, 6.07) is 13.3. The number of nitrogens with zero attached hydrogens (tertiary/aromatic N) is 3. The molecular formula is C16H15N3O2. The molecule has 1 aliphatic rings. The molecule has 5 heteroatoms. The largest absolute Gasteiger partial charge is 0.486 e. The number of anilines is 1. The second-order valence-corrected chi connectivity index (χ2v) is 4.89. The number of fused-ring (bicyclic) bond motifs is 1. The van der Waals surface area contributed by atoms with Crippen molar-refractivity contribution in [3.63, 3.8) is 0 Å². The van der Waals surface area contributed by atoms with Crippen LogP contribution in [0, 0.1) is 11.3 Å². The highest BCUT2D eigenvalue weighted by Crippen LogP contribution is 2.31. The molecule has 106 valence electrons. The number of rotatable bonds is 3. The fraction of sp³-hybridized carbons (Fsp3) is 0.250. The van der Waals surface area contributed by atoms with Crippen LogP contribution in [-0.2, 0) is 0 Å². The Hall–Kier alpha value is -2.74. The van der Waals surface area contributed by atoms with Crippen molar-refractivity contribution >= 4 is 5.69 Å². The third kappa shape index (κ3) is 2.90. The van der Waals surface area contributed by atoms with Gasteiger partial charge in [0.1, 0.15) is 18.4 Å². The van der Waals surface area contributed by atoms with E-state index < -0.39 is 0 Å². The van der Waals surface area contributed by atoms with E-state index in [-0.39, 0.29) is 6.10 Å². The lowest BCUT2D eigenvalue weighted by molar-refractivity contribution is 0.0960. The summed E-state index contributed by atoms with van der Waals surface area (Å²) < 4.78 is 11.6. The van der Waals surface area contributed by atoms with Crippen molar-refractivity contribution in [1.29, 1.82) is 5.26 Å². The van der Waals surface area contributed by atoms with Crippen LogP contribution < -0.4 is 14.4 Å². The van der Waals surface area contributed by atoms with Crippen LogP contribution in [-0.4, -0.2) is 31.3 Å². The Bertz CT molecular complexity index is 664. The number of ether oxygens (including phenoxy) is 2. The van der Waals surface area contributed by atoms with Crippen molar-refractivity contribution in [2.45, 2.75) is 6.10 Å². The maximum atomic E-state index is 8.76. The Morgan fingerprint density at radius 1 is 1.29 bits per heavy atom. The maximum Gasteiger partial charge on any atom is 0.161 e. The van der Waals surface area contributed by atoms with Crippen LogP contribution >= 0.6 is 0 Å². The Kier molecular flexibility index (Phi) is 3.61. The van der Waals surface area contributed by atoms with Gasteiger partial charge in [-0.15, -0.1) is 0 Å². The van der Waals surface area contributed by atoms with E-state index in [2.05, 4.69) is 4.98 Å². The molecule has 3 rings (SSSR count). The lowest BCUT2D eigenvalue weighted by Crippen LogP contribution is -2.39. The molecule has 0 aliphatic carbocycles. The first-order valence-corrected chi connectivity index (χ1v) is 6.72. The van der Waals surface area contributed by atoms with Gasteiger partial charge in [0, 0.05) is 7.05 Å². The summed E-state index contributed by atoms with van der Waals surface area (Å²) in [5.41, 5.74) is 1.36. The molecule has 5 nitrogen and oxygen atoms in total. The van der Waals surface area contributed by atoms with Crippen molar-refractivity contribution < 1.29 is 9.47 Å². The normalized spacial score (nSPS) is 16.1. The second kappa shape index (κ2) is 5.71. The zero-order chi connectivity index (χ0) is 14.7. The number of aromatic nitrogens is 1. The summed E-state index contributed by atoms with van der Waals surface area (Å²) in [6.07, 6.45) is 1.65. The molecule has 0 fully saturated rings. The van der Waals surface area contributed by atoms with E-state index >= 15 is 0 Å². The quantitative estimate of drug-likeness (QED) is 0.863. The third-order valence-corrected chi connectivity index (χ3v) is 3.35. The number of hydrogen-bond donors (Lipinski definition) is 0. The van der Waals surface area contributed by atoms with Crippen LogP contribution in [0.2, 0.25) is 0 Å². The van der Waals surface area contributed by atoms with Crippen molar-refractivity contribution in [2.75, 3.05) is 25.1 Å². The highest BCUT2D eigenvalue weighted by molar-refractivity contribution is 5.46. The van der Waals surface area contributed by atoms with Gasteiger partial charge in [-0.1, -0.05) is 12.1 Å². The SMILES string of the molecule is CN(CC1COc2ccccc2O1)c1ccc(C#N)nc1. The van der Waals surface area contributed by atoms with Crippen molar-refractivity contribution in [2.24, 2.45) is 0 Å². The molecule has 1 atom stereocenters. The molecule has 0 saturated heterocycles. The Morgan fingerprint density at radius 3 is 2.81 bits per heavy atom.